The minimum Gasteiger partial charge on any atom is -0.392 e. The third kappa shape index (κ3) is 14.7. The third-order valence-electron chi connectivity index (χ3n) is 4.72. The summed E-state index contributed by atoms with van der Waals surface area (Å²) in [5.74, 6) is -0.158. The first-order valence-electron chi connectivity index (χ1n) is 10.8. The zero-order valence-corrected chi connectivity index (χ0v) is 22.4. The van der Waals surface area contributed by atoms with E-state index in [1.54, 1.807) is 18.4 Å². The van der Waals surface area contributed by atoms with E-state index in [4.69, 9.17) is 9.05 Å². The monoisotopic (exact) mass is 481 g/mol. The van der Waals surface area contributed by atoms with Gasteiger partial charge in [-0.2, -0.15) is 0 Å². The van der Waals surface area contributed by atoms with E-state index in [0.29, 0.717) is 6.42 Å². The van der Waals surface area contributed by atoms with Crippen molar-refractivity contribution in [2.24, 2.45) is 5.92 Å². The van der Waals surface area contributed by atoms with Gasteiger partial charge in [0.1, 0.15) is 6.10 Å². The van der Waals surface area contributed by atoms with Gasteiger partial charge < -0.3 is 19.5 Å². The molecule has 0 bridgehead atoms. The van der Waals surface area contributed by atoms with Crippen molar-refractivity contribution in [3.63, 3.8) is 0 Å². The molecule has 0 fully saturated rings. The summed E-state index contributed by atoms with van der Waals surface area (Å²) in [6, 6.07) is 0. The van der Waals surface area contributed by atoms with Gasteiger partial charge in [0.25, 0.3) is 0 Å². The number of aliphatic hydroxyl groups excluding tert-OH is 1. The summed E-state index contributed by atoms with van der Waals surface area (Å²) in [6.45, 7) is 13.5. The van der Waals surface area contributed by atoms with E-state index in [1.807, 2.05) is 58.9 Å². The lowest BCUT2D eigenvalue weighted by Gasteiger charge is -2.20. The van der Waals surface area contributed by atoms with Crippen LogP contribution in [0.15, 0.2) is 72.0 Å². The molecule has 0 saturated carbocycles. The smallest absolute Gasteiger partial charge is 0.247 e. The fraction of sp³-hybridized carbons (Fsp3) is 0.480. The van der Waals surface area contributed by atoms with Crippen LogP contribution in [-0.4, -0.2) is 29.3 Å². The Labute approximate surface area is 199 Å². The van der Waals surface area contributed by atoms with E-state index in [1.165, 1.54) is 0 Å². The molecular weight excluding hydrogens is 440 g/mol. The molecule has 0 saturated heterocycles. The minimum absolute atomic E-state index is 0.0109. The highest BCUT2D eigenvalue weighted by molar-refractivity contribution is 7.10. The van der Waals surface area contributed by atoms with Gasteiger partial charge in [0.05, 0.1) is 12.2 Å². The van der Waals surface area contributed by atoms with Crippen molar-refractivity contribution in [1.29, 1.82) is 0 Å². The van der Waals surface area contributed by atoms with Crippen LogP contribution in [0.5, 0.6) is 0 Å². The Kier molecular flexibility index (Phi) is 17.4. The van der Waals surface area contributed by atoms with Crippen LogP contribution in [0.3, 0.4) is 0 Å². The van der Waals surface area contributed by atoms with Crippen LogP contribution in [0.25, 0.3) is 0 Å². The Bertz CT molecular complexity index is 721. The molecule has 0 aliphatic carbocycles. The molecule has 0 spiro atoms. The van der Waals surface area contributed by atoms with Gasteiger partial charge in [0.15, 0.2) is 0 Å². The van der Waals surface area contributed by atoms with Crippen molar-refractivity contribution in [2.45, 2.75) is 72.2 Å². The van der Waals surface area contributed by atoms with Crippen molar-refractivity contribution in [3.05, 3.63) is 72.0 Å². The molecule has 180 valence electrons. The zero-order chi connectivity index (χ0) is 24.5. The molecule has 0 aliphatic heterocycles. The van der Waals surface area contributed by atoms with Crippen molar-refractivity contribution in [2.75, 3.05) is 0 Å². The zero-order valence-electron chi connectivity index (χ0n) is 20.1. The Hall–Kier alpha value is -1.35. The predicted octanol–water partition coefficient (Wildman–Crippen LogP) is 5.74. The van der Waals surface area contributed by atoms with E-state index in [9.17, 15) is 9.90 Å². The molecule has 32 heavy (non-hydrogen) atoms. The molecule has 0 radical (unpaired) electrons. The summed E-state index contributed by atoms with van der Waals surface area (Å²) >= 11 is 0. The molecule has 0 rings (SSSR count). The lowest BCUT2D eigenvalue weighted by atomic mass is 9.96. The Balaban J connectivity index is 4.58. The molecule has 6 atom stereocenters. The van der Waals surface area contributed by atoms with Crippen molar-refractivity contribution >= 4 is 24.8 Å². The molecule has 0 aromatic heterocycles. The van der Waals surface area contributed by atoms with Crippen molar-refractivity contribution < 1.29 is 18.9 Å². The Morgan fingerprint density at radius 1 is 1.19 bits per heavy atom. The van der Waals surface area contributed by atoms with Crippen molar-refractivity contribution in [3.8, 4) is 0 Å². The number of amides is 1. The standard InChI is InChI=1S/C25H41NO4P2/c1-7-23(29-31)24(30-32)12-10-8-9-11-19(4)17-22(27)21(6)16-20(5)13-14-26-25(28)15-18(2)3/h7-9,11,13-16,21-24,27H,1,10,12,17,31-32H2,2-6H3,(H,26,28)/b9-8+,14-13+,19-11+,20-16+/t21-,22?,23-,24-/m1/s1. The number of carbonyl (C=O) groups is 1. The molecule has 0 aromatic rings. The lowest BCUT2D eigenvalue weighted by molar-refractivity contribution is -0.115. The molecule has 1 amide bonds. The molecule has 0 aliphatic rings. The lowest BCUT2D eigenvalue weighted by Crippen LogP contribution is -2.24. The van der Waals surface area contributed by atoms with Crippen LogP contribution in [-0.2, 0) is 13.8 Å². The molecular formula is C25H41NO4P2. The topological polar surface area (TPSA) is 67.8 Å². The van der Waals surface area contributed by atoms with Gasteiger partial charge in [0, 0.05) is 37.1 Å². The highest BCUT2D eigenvalue weighted by Crippen LogP contribution is 2.18. The Morgan fingerprint density at radius 2 is 1.88 bits per heavy atom. The van der Waals surface area contributed by atoms with Gasteiger partial charge in [-0.25, -0.2) is 0 Å². The predicted molar refractivity (Wildman–Crippen MR) is 142 cm³/mol. The number of carbonyl (C=O) groups excluding carboxylic acids is 1. The van der Waals surface area contributed by atoms with Crippen LogP contribution in [0.2, 0.25) is 0 Å². The van der Waals surface area contributed by atoms with E-state index >= 15 is 0 Å². The normalized spacial score (nSPS) is 16.6. The van der Waals surface area contributed by atoms with Gasteiger partial charge in [-0.1, -0.05) is 54.0 Å². The van der Waals surface area contributed by atoms with E-state index in [-0.39, 0.29) is 24.0 Å². The quantitative estimate of drug-likeness (QED) is 0.136. The highest BCUT2D eigenvalue weighted by Gasteiger charge is 2.16. The summed E-state index contributed by atoms with van der Waals surface area (Å²) in [6.07, 6.45) is 16.4. The van der Waals surface area contributed by atoms with Gasteiger partial charge in [0.2, 0.25) is 5.91 Å². The molecule has 0 aromatic carbocycles. The second-order valence-electron chi connectivity index (χ2n) is 8.13. The largest absolute Gasteiger partial charge is 0.392 e. The van der Waals surface area contributed by atoms with E-state index in [0.717, 1.165) is 29.6 Å². The van der Waals surface area contributed by atoms with E-state index in [2.05, 4.69) is 36.9 Å². The number of nitrogens with one attached hydrogen (secondary N) is 1. The number of allylic oxidation sites excluding steroid dienone is 6. The SMILES string of the molecule is C=C[C@@H](OP)[C@@H](CC/C=C/C=C(\C)CC(O)[C@H](C)/C=C(C)/C=C/NC(=O)C=C(C)C)OP. The van der Waals surface area contributed by atoms with Gasteiger partial charge in [-0.3, -0.25) is 4.79 Å². The maximum absolute atomic E-state index is 11.6. The Morgan fingerprint density at radius 3 is 2.44 bits per heavy atom. The maximum atomic E-state index is 11.6. The van der Waals surface area contributed by atoms with Gasteiger partial charge >= 0.3 is 0 Å². The first kappa shape index (κ1) is 30.6. The van der Waals surface area contributed by atoms with E-state index < -0.39 is 6.10 Å². The third-order valence-corrected chi connectivity index (χ3v) is 5.38. The summed E-state index contributed by atoms with van der Waals surface area (Å²) in [5, 5.41) is 13.2. The second kappa shape index (κ2) is 18.1. The molecule has 0 heterocycles. The summed E-state index contributed by atoms with van der Waals surface area (Å²) in [5.41, 5.74) is 3.03. The average molecular weight is 482 g/mol. The van der Waals surface area contributed by atoms with Crippen LogP contribution in [0.1, 0.15) is 53.9 Å². The molecule has 5 nitrogen and oxygen atoms in total. The molecule has 2 N–H and O–H groups in total. The minimum atomic E-state index is -0.481. The van der Waals surface area contributed by atoms with Gasteiger partial charge in [-0.15, -0.1) is 6.58 Å². The number of aliphatic hydroxyl groups is 1. The summed E-state index contributed by atoms with van der Waals surface area (Å²) < 4.78 is 10.6. The highest BCUT2D eigenvalue weighted by atomic mass is 31.0. The number of hydrogen-bond donors (Lipinski definition) is 2. The number of rotatable bonds is 15. The maximum Gasteiger partial charge on any atom is 0.247 e. The fourth-order valence-corrected chi connectivity index (χ4v) is 3.50. The summed E-state index contributed by atoms with van der Waals surface area (Å²) in [7, 11) is 4.53. The second-order valence-corrected chi connectivity index (χ2v) is 8.68. The molecule has 3 unspecified atom stereocenters. The van der Waals surface area contributed by atoms with Crippen LogP contribution < -0.4 is 5.32 Å². The fourth-order valence-electron chi connectivity index (χ4n) is 2.92. The first-order valence-corrected chi connectivity index (χ1v) is 11.7. The van der Waals surface area contributed by atoms with Gasteiger partial charge in [-0.05, 0) is 53.0 Å². The van der Waals surface area contributed by atoms with Crippen LogP contribution in [0.4, 0.5) is 0 Å². The van der Waals surface area contributed by atoms with Crippen LogP contribution in [0, 0.1) is 5.92 Å². The first-order chi connectivity index (χ1) is 15.1. The van der Waals surface area contributed by atoms with Crippen molar-refractivity contribution in [1.82, 2.24) is 5.32 Å². The molecule has 7 heteroatoms. The van der Waals surface area contributed by atoms with Crippen LogP contribution >= 0.6 is 18.9 Å². The average Bonchev–Trinajstić information content (AvgIpc) is 2.72. The summed E-state index contributed by atoms with van der Waals surface area (Å²) in [4.78, 5) is 11.6. The number of hydrogen-bond acceptors (Lipinski definition) is 4.